The minimum absolute atomic E-state index is 0.0694. The molecule has 0 rings (SSSR count). The SMILES string of the molecule is CC(C)[C@H](C)[BH-]([C@H](C)C(C)C)[C@H](C)C(C)C. The highest BCUT2D eigenvalue weighted by molar-refractivity contribution is 6.63. The van der Waals surface area contributed by atoms with Crippen molar-refractivity contribution >= 4 is 6.71 Å². The third kappa shape index (κ3) is 4.15. The lowest BCUT2D eigenvalue weighted by atomic mass is 9.25. The minimum Gasteiger partial charge on any atom is -0.169 e. The molecule has 0 bridgehead atoms. The summed E-state index contributed by atoms with van der Waals surface area (Å²) >= 11 is 0. The Morgan fingerprint density at radius 1 is 0.438 bits per heavy atom. The van der Waals surface area contributed by atoms with E-state index >= 15 is 0 Å². The Morgan fingerprint density at radius 2 is 0.625 bits per heavy atom. The average molecular weight is 225 g/mol. The van der Waals surface area contributed by atoms with Crippen molar-refractivity contribution in [3.63, 3.8) is 0 Å². The van der Waals surface area contributed by atoms with Crippen molar-refractivity contribution in [1.82, 2.24) is 0 Å². The van der Waals surface area contributed by atoms with Crippen LogP contribution in [0.3, 0.4) is 0 Å². The Labute approximate surface area is 105 Å². The van der Waals surface area contributed by atoms with Gasteiger partial charge in [0.1, 0.15) is 0 Å². The molecule has 0 unspecified atom stereocenters. The van der Waals surface area contributed by atoms with Gasteiger partial charge in [-0.1, -0.05) is 80.1 Å². The molecule has 3 atom stereocenters. The summed E-state index contributed by atoms with van der Waals surface area (Å²) in [5, 5.41) is 0. The molecule has 0 aliphatic rings. The molecule has 0 aliphatic carbocycles. The van der Waals surface area contributed by atoms with Crippen LogP contribution in [0.1, 0.15) is 62.3 Å². The standard InChI is InChI=1S/C15H34B/c1-10(2)13(7)16(14(8)11(3)4)15(9)12(5)6/h10-16H,1-9H3/q-1/t13-,14-,15+/m1/s1. The maximum atomic E-state index is 2.49. The number of hydrogen-bond donors (Lipinski definition) is 0. The zero-order valence-corrected chi connectivity index (χ0v) is 13.2. The maximum absolute atomic E-state index is 2.49. The minimum atomic E-state index is -0.0694. The van der Waals surface area contributed by atoms with Gasteiger partial charge >= 0.3 is 0 Å². The molecule has 0 saturated carbocycles. The van der Waals surface area contributed by atoms with Crippen LogP contribution in [0.15, 0.2) is 0 Å². The first-order chi connectivity index (χ1) is 7.20. The molecule has 0 aliphatic heterocycles. The Bertz CT molecular complexity index is 151. The molecule has 16 heavy (non-hydrogen) atoms. The Kier molecular flexibility index (Phi) is 6.74. The summed E-state index contributed by atoms with van der Waals surface area (Å²) < 4.78 is 0. The van der Waals surface area contributed by atoms with E-state index in [2.05, 4.69) is 62.3 Å². The van der Waals surface area contributed by atoms with Gasteiger partial charge in [-0.15, -0.1) is 0 Å². The predicted octanol–water partition coefficient (Wildman–Crippen LogP) is 5.35. The zero-order valence-electron chi connectivity index (χ0n) is 13.2. The van der Waals surface area contributed by atoms with Gasteiger partial charge in [0, 0.05) is 0 Å². The molecule has 0 saturated heterocycles. The lowest BCUT2D eigenvalue weighted by Crippen LogP contribution is -2.35. The second-order valence-electron chi connectivity index (χ2n) is 7.37. The second-order valence-corrected chi connectivity index (χ2v) is 7.37. The number of hydrogen-bond acceptors (Lipinski definition) is 0. The van der Waals surface area contributed by atoms with Crippen LogP contribution in [0.5, 0.6) is 0 Å². The molecule has 0 N–H and O–H groups in total. The third-order valence-electron chi connectivity index (χ3n) is 5.64. The molecule has 0 nitrogen and oxygen atoms in total. The molecule has 0 aromatic carbocycles. The van der Waals surface area contributed by atoms with Crippen LogP contribution in [-0.4, -0.2) is 6.71 Å². The maximum Gasteiger partial charge on any atom is -0.00669 e. The van der Waals surface area contributed by atoms with Gasteiger partial charge in [0.2, 0.25) is 0 Å². The van der Waals surface area contributed by atoms with E-state index in [0.717, 1.165) is 35.2 Å². The molecular formula is C15H34B-. The van der Waals surface area contributed by atoms with Crippen molar-refractivity contribution < 1.29 is 0 Å². The summed E-state index contributed by atoms with van der Waals surface area (Å²) in [6.45, 7) is 21.8. The normalized spacial score (nSPS) is 18.6. The summed E-state index contributed by atoms with van der Waals surface area (Å²) in [6.07, 6.45) is 0. The van der Waals surface area contributed by atoms with Gasteiger partial charge in [0.05, 0.1) is 0 Å². The van der Waals surface area contributed by atoms with Gasteiger partial charge in [-0.25, -0.2) is 0 Å². The largest absolute Gasteiger partial charge is 0.169 e. The van der Waals surface area contributed by atoms with E-state index in [-0.39, 0.29) is 6.71 Å². The Balaban J connectivity index is 4.89. The first-order valence-electron chi connectivity index (χ1n) is 7.42. The van der Waals surface area contributed by atoms with Crippen molar-refractivity contribution in [1.29, 1.82) is 0 Å². The van der Waals surface area contributed by atoms with Gasteiger partial charge in [-0.05, 0) is 6.71 Å². The highest BCUT2D eigenvalue weighted by atomic mass is 14.2. The van der Waals surface area contributed by atoms with E-state index in [1.165, 1.54) is 0 Å². The number of rotatable bonds is 6. The van der Waals surface area contributed by atoms with Crippen LogP contribution < -0.4 is 0 Å². The van der Waals surface area contributed by atoms with E-state index < -0.39 is 0 Å². The Morgan fingerprint density at radius 3 is 0.750 bits per heavy atom. The van der Waals surface area contributed by atoms with Crippen molar-refractivity contribution in [2.45, 2.75) is 79.8 Å². The van der Waals surface area contributed by atoms with Crippen molar-refractivity contribution in [2.75, 3.05) is 0 Å². The van der Waals surface area contributed by atoms with Crippen LogP contribution in [0, 0.1) is 17.8 Å². The molecule has 1 heteroatoms. The fraction of sp³-hybridized carbons (Fsp3) is 1.00. The van der Waals surface area contributed by atoms with Crippen LogP contribution in [0.25, 0.3) is 0 Å². The molecule has 0 aromatic heterocycles. The lowest BCUT2D eigenvalue weighted by molar-refractivity contribution is 0.518. The molecule has 0 spiro atoms. The highest BCUT2D eigenvalue weighted by Crippen LogP contribution is 2.41. The molecule has 0 aromatic rings. The zero-order chi connectivity index (χ0) is 13.0. The molecular weight excluding hydrogens is 191 g/mol. The third-order valence-corrected chi connectivity index (χ3v) is 5.64. The smallest absolute Gasteiger partial charge is 0.00669 e. The first-order valence-corrected chi connectivity index (χ1v) is 7.42. The van der Waals surface area contributed by atoms with E-state index in [1.807, 2.05) is 0 Å². The molecule has 0 fully saturated rings. The van der Waals surface area contributed by atoms with Gasteiger partial charge < -0.3 is 0 Å². The summed E-state index contributed by atoms with van der Waals surface area (Å²) in [4.78, 5) is 0. The summed E-state index contributed by atoms with van der Waals surface area (Å²) in [7, 11) is 0. The van der Waals surface area contributed by atoms with Crippen molar-refractivity contribution in [3.05, 3.63) is 0 Å². The van der Waals surface area contributed by atoms with Gasteiger partial charge in [-0.3, -0.25) is 0 Å². The van der Waals surface area contributed by atoms with Gasteiger partial charge in [-0.2, -0.15) is 17.5 Å². The fourth-order valence-corrected chi connectivity index (χ4v) is 3.39. The van der Waals surface area contributed by atoms with E-state index in [0.29, 0.717) is 0 Å². The van der Waals surface area contributed by atoms with Crippen LogP contribution >= 0.6 is 0 Å². The molecule has 0 amide bonds. The monoisotopic (exact) mass is 225 g/mol. The molecule has 0 heterocycles. The summed E-state index contributed by atoms with van der Waals surface area (Å²) in [5.41, 5.74) is 0. The van der Waals surface area contributed by atoms with E-state index in [9.17, 15) is 0 Å². The predicted molar refractivity (Wildman–Crippen MR) is 79.9 cm³/mol. The summed E-state index contributed by atoms with van der Waals surface area (Å²) in [6, 6.07) is 0. The quantitative estimate of drug-likeness (QED) is 0.534. The van der Waals surface area contributed by atoms with Crippen LogP contribution in [-0.2, 0) is 0 Å². The topological polar surface area (TPSA) is 0 Å². The molecule has 0 radical (unpaired) electrons. The Hall–Kier alpha value is 0.0649. The molecule has 98 valence electrons. The lowest BCUT2D eigenvalue weighted by Gasteiger charge is -2.46. The van der Waals surface area contributed by atoms with Crippen LogP contribution in [0.4, 0.5) is 0 Å². The highest BCUT2D eigenvalue weighted by Gasteiger charge is 2.27. The van der Waals surface area contributed by atoms with Gasteiger partial charge in [0.15, 0.2) is 0 Å². The van der Waals surface area contributed by atoms with Crippen molar-refractivity contribution in [3.8, 4) is 0 Å². The fourth-order valence-electron chi connectivity index (χ4n) is 3.39. The van der Waals surface area contributed by atoms with E-state index in [1.54, 1.807) is 0 Å². The van der Waals surface area contributed by atoms with Gasteiger partial charge in [0.25, 0.3) is 0 Å². The average Bonchev–Trinajstić information content (AvgIpc) is 2.16. The van der Waals surface area contributed by atoms with Crippen molar-refractivity contribution in [2.24, 2.45) is 17.8 Å². The van der Waals surface area contributed by atoms with Crippen LogP contribution in [0.2, 0.25) is 17.5 Å². The first kappa shape index (κ1) is 16.1. The second kappa shape index (κ2) is 6.72. The van der Waals surface area contributed by atoms with E-state index in [4.69, 9.17) is 0 Å². The summed E-state index contributed by atoms with van der Waals surface area (Å²) in [5.74, 6) is 5.24.